The maximum atomic E-state index is 8.83. The fourth-order valence-corrected chi connectivity index (χ4v) is 0.859. The van der Waals surface area contributed by atoms with E-state index in [1.54, 1.807) is 0 Å². The highest BCUT2D eigenvalue weighted by atomic mass is 79.9. The molecule has 1 N–H and O–H groups in total. The standard InChI is InChI=1S/C5H11BrO/c1-2-5(7)3-4-6/h5,7H,2-4H2,1H3/t5-/m1/s1. The molecule has 0 amide bonds. The van der Waals surface area contributed by atoms with Crippen molar-refractivity contribution in [3.05, 3.63) is 0 Å². The second kappa shape index (κ2) is 4.60. The molecule has 0 aromatic carbocycles. The van der Waals surface area contributed by atoms with Gasteiger partial charge in [0.1, 0.15) is 0 Å². The Labute approximate surface area is 52.9 Å². The number of hydrogen-bond donors (Lipinski definition) is 1. The first kappa shape index (κ1) is 7.44. The Bertz CT molecular complexity index is 39.1. The van der Waals surface area contributed by atoms with E-state index >= 15 is 0 Å². The molecule has 0 spiro atoms. The van der Waals surface area contributed by atoms with Gasteiger partial charge in [0.15, 0.2) is 0 Å². The molecule has 1 nitrogen and oxygen atoms in total. The predicted molar refractivity (Wildman–Crippen MR) is 34.7 cm³/mol. The van der Waals surface area contributed by atoms with E-state index in [4.69, 9.17) is 5.11 Å². The first-order valence-corrected chi connectivity index (χ1v) is 3.67. The highest BCUT2D eigenvalue weighted by Gasteiger charge is 1.95. The van der Waals surface area contributed by atoms with Gasteiger partial charge in [-0.25, -0.2) is 0 Å². The summed E-state index contributed by atoms with van der Waals surface area (Å²) in [4.78, 5) is 0. The second-order valence-electron chi connectivity index (χ2n) is 1.54. The molecule has 2 heteroatoms. The quantitative estimate of drug-likeness (QED) is 0.632. The highest BCUT2D eigenvalue weighted by Crippen LogP contribution is 1.97. The summed E-state index contributed by atoms with van der Waals surface area (Å²) in [6, 6.07) is 0. The van der Waals surface area contributed by atoms with Gasteiger partial charge in [-0.05, 0) is 12.8 Å². The number of alkyl halides is 1. The Kier molecular flexibility index (Phi) is 4.88. The van der Waals surface area contributed by atoms with Crippen molar-refractivity contribution in [2.45, 2.75) is 25.9 Å². The molecule has 1 atom stereocenters. The third kappa shape index (κ3) is 4.29. The average Bonchev–Trinajstić information content (AvgIpc) is 1.68. The van der Waals surface area contributed by atoms with Crippen molar-refractivity contribution < 1.29 is 5.11 Å². The van der Waals surface area contributed by atoms with Gasteiger partial charge >= 0.3 is 0 Å². The average molecular weight is 167 g/mol. The molecule has 0 saturated carbocycles. The number of rotatable bonds is 3. The monoisotopic (exact) mass is 166 g/mol. The van der Waals surface area contributed by atoms with Gasteiger partial charge in [-0.2, -0.15) is 0 Å². The molecule has 0 aromatic heterocycles. The molecule has 7 heavy (non-hydrogen) atoms. The van der Waals surface area contributed by atoms with Crippen LogP contribution in [0.2, 0.25) is 0 Å². The van der Waals surface area contributed by atoms with Gasteiger partial charge in [-0.15, -0.1) is 0 Å². The molecule has 44 valence electrons. The molecular weight excluding hydrogens is 156 g/mol. The van der Waals surface area contributed by atoms with Crippen LogP contribution in [0.5, 0.6) is 0 Å². The summed E-state index contributed by atoms with van der Waals surface area (Å²) < 4.78 is 0. The van der Waals surface area contributed by atoms with Crippen LogP contribution in [0.25, 0.3) is 0 Å². The minimum atomic E-state index is -0.0978. The van der Waals surface area contributed by atoms with E-state index in [0.717, 1.165) is 18.2 Å². The molecule has 0 aliphatic rings. The zero-order valence-electron chi connectivity index (χ0n) is 4.52. The molecule has 0 aromatic rings. The van der Waals surface area contributed by atoms with Crippen LogP contribution in [0.15, 0.2) is 0 Å². The number of halogens is 1. The van der Waals surface area contributed by atoms with Crippen LogP contribution < -0.4 is 0 Å². The van der Waals surface area contributed by atoms with E-state index in [9.17, 15) is 0 Å². The summed E-state index contributed by atoms with van der Waals surface area (Å²) in [5, 5.41) is 9.73. The van der Waals surface area contributed by atoms with Gasteiger partial charge in [0.25, 0.3) is 0 Å². The molecule has 0 aliphatic heterocycles. The number of aliphatic hydroxyl groups is 1. The molecule has 0 fully saturated rings. The third-order valence-corrected chi connectivity index (χ3v) is 1.37. The summed E-state index contributed by atoms with van der Waals surface area (Å²) >= 11 is 3.23. The number of aliphatic hydroxyl groups excluding tert-OH is 1. The first-order valence-electron chi connectivity index (χ1n) is 2.55. The SMILES string of the molecule is CC[C@@H](O)CCBr. The van der Waals surface area contributed by atoms with Crippen molar-refractivity contribution >= 4 is 15.9 Å². The predicted octanol–water partition coefficient (Wildman–Crippen LogP) is 1.54. The van der Waals surface area contributed by atoms with Gasteiger partial charge in [0, 0.05) is 5.33 Å². The Morgan fingerprint density at radius 2 is 2.29 bits per heavy atom. The summed E-state index contributed by atoms with van der Waals surface area (Å²) in [6.45, 7) is 1.98. The summed E-state index contributed by atoms with van der Waals surface area (Å²) in [6.07, 6.45) is 1.64. The van der Waals surface area contributed by atoms with E-state index < -0.39 is 0 Å². The van der Waals surface area contributed by atoms with Crippen LogP contribution in [-0.2, 0) is 0 Å². The molecule has 0 rings (SSSR count). The van der Waals surface area contributed by atoms with Crippen LogP contribution in [0, 0.1) is 0 Å². The van der Waals surface area contributed by atoms with E-state index in [-0.39, 0.29) is 6.10 Å². The minimum Gasteiger partial charge on any atom is -0.393 e. The third-order valence-electron chi connectivity index (χ3n) is 0.914. The van der Waals surface area contributed by atoms with Crippen LogP contribution in [0.1, 0.15) is 19.8 Å². The maximum absolute atomic E-state index is 8.83. The second-order valence-corrected chi connectivity index (χ2v) is 2.33. The first-order chi connectivity index (χ1) is 3.31. The van der Waals surface area contributed by atoms with E-state index in [2.05, 4.69) is 15.9 Å². The van der Waals surface area contributed by atoms with Crippen LogP contribution in [0.3, 0.4) is 0 Å². The van der Waals surface area contributed by atoms with E-state index in [0.29, 0.717) is 0 Å². The summed E-state index contributed by atoms with van der Waals surface area (Å²) in [5.41, 5.74) is 0. The van der Waals surface area contributed by atoms with E-state index in [1.807, 2.05) is 6.92 Å². The van der Waals surface area contributed by atoms with Crippen molar-refractivity contribution in [2.24, 2.45) is 0 Å². The van der Waals surface area contributed by atoms with Crippen LogP contribution in [0.4, 0.5) is 0 Å². The van der Waals surface area contributed by atoms with Crippen molar-refractivity contribution in [1.82, 2.24) is 0 Å². The van der Waals surface area contributed by atoms with Gasteiger partial charge in [0.05, 0.1) is 6.10 Å². The summed E-state index contributed by atoms with van der Waals surface area (Å²) in [7, 11) is 0. The highest BCUT2D eigenvalue weighted by molar-refractivity contribution is 9.09. The van der Waals surface area contributed by atoms with Crippen molar-refractivity contribution in [1.29, 1.82) is 0 Å². The fourth-order valence-electron chi connectivity index (χ4n) is 0.330. The fraction of sp³-hybridized carbons (Fsp3) is 1.00. The Morgan fingerprint density at radius 1 is 1.71 bits per heavy atom. The lowest BCUT2D eigenvalue weighted by Crippen LogP contribution is -2.03. The molecule has 0 aliphatic carbocycles. The molecule has 0 bridgehead atoms. The zero-order chi connectivity index (χ0) is 5.70. The Balaban J connectivity index is 2.83. The minimum absolute atomic E-state index is 0.0978. The summed E-state index contributed by atoms with van der Waals surface area (Å²) in [5.74, 6) is 0. The van der Waals surface area contributed by atoms with Gasteiger partial charge in [-0.1, -0.05) is 22.9 Å². The molecule has 0 heterocycles. The van der Waals surface area contributed by atoms with Crippen LogP contribution in [-0.4, -0.2) is 16.5 Å². The van der Waals surface area contributed by atoms with E-state index in [1.165, 1.54) is 0 Å². The van der Waals surface area contributed by atoms with Gasteiger partial charge in [-0.3, -0.25) is 0 Å². The molecular formula is C5H11BrO. The van der Waals surface area contributed by atoms with Crippen molar-refractivity contribution in [3.8, 4) is 0 Å². The number of hydrogen-bond acceptors (Lipinski definition) is 1. The molecule has 0 saturated heterocycles. The lowest BCUT2D eigenvalue weighted by atomic mass is 10.2. The zero-order valence-corrected chi connectivity index (χ0v) is 6.11. The Hall–Kier alpha value is 0.440. The van der Waals surface area contributed by atoms with Gasteiger partial charge < -0.3 is 5.11 Å². The lowest BCUT2D eigenvalue weighted by Gasteiger charge is -2.01. The molecule has 0 unspecified atom stereocenters. The molecule has 0 radical (unpaired) electrons. The van der Waals surface area contributed by atoms with Crippen molar-refractivity contribution in [2.75, 3.05) is 5.33 Å². The smallest absolute Gasteiger partial charge is 0.0545 e. The normalized spacial score (nSPS) is 14.1. The maximum Gasteiger partial charge on any atom is 0.0545 e. The van der Waals surface area contributed by atoms with Gasteiger partial charge in [0.2, 0.25) is 0 Å². The Morgan fingerprint density at radius 3 is 2.43 bits per heavy atom. The topological polar surface area (TPSA) is 20.2 Å². The van der Waals surface area contributed by atoms with Crippen LogP contribution >= 0.6 is 15.9 Å². The lowest BCUT2D eigenvalue weighted by molar-refractivity contribution is 0.168. The largest absolute Gasteiger partial charge is 0.393 e. The van der Waals surface area contributed by atoms with Crippen molar-refractivity contribution in [3.63, 3.8) is 0 Å².